The van der Waals surface area contributed by atoms with Crippen molar-refractivity contribution in [2.75, 3.05) is 0 Å². The summed E-state index contributed by atoms with van der Waals surface area (Å²) in [5, 5.41) is 22.8. The Bertz CT molecular complexity index is 850. The van der Waals surface area contributed by atoms with Gasteiger partial charge in [0.1, 0.15) is 0 Å². The third-order valence-corrected chi connectivity index (χ3v) is 3.17. The number of carboxylic acid groups (broad SMARTS) is 2. The minimum Gasteiger partial charge on any atom is -0.478 e. The van der Waals surface area contributed by atoms with Gasteiger partial charge in [0, 0.05) is 5.39 Å². The summed E-state index contributed by atoms with van der Waals surface area (Å²) in [5.74, 6) is -1.98. The van der Waals surface area contributed by atoms with E-state index in [2.05, 4.69) is 5.10 Å². The third kappa shape index (κ3) is 2.23. The molecular formula is C15H10N2O4. The molecule has 1 heterocycles. The molecule has 0 saturated carbocycles. The molecular weight excluding hydrogens is 272 g/mol. The van der Waals surface area contributed by atoms with E-state index in [1.165, 1.54) is 18.2 Å². The smallest absolute Gasteiger partial charge is 0.335 e. The minimum atomic E-state index is -0.990. The second-order valence-corrected chi connectivity index (χ2v) is 4.49. The van der Waals surface area contributed by atoms with Crippen molar-refractivity contribution in [3.05, 3.63) is 59.8 Å². The van der Waals surface area contributed by atoms with E-state index in [0.29, 0.717) is 11.1 Å². The molecule has 3 rings (SSSR count). The standard InChI is InChI=1S/C15H10N2O4/c18-14(19)9-1-4-12(5-2-9)17-13-6-3-10(15(20)21)7-11(13)8-16-17/h1-8H,(H,18,19)(H,20,21). The molecule has 0 aliphatic rings. The van der Waals surface area contributed by atoms with Crippen LogP contribution in [0, 0.1) is 0 Å². The van der Waals surface area contributed by atoms with E-state index in [1.807, 2.05) is 0 Å². The zero-order valence-corrected chi connectivity index (χ0v) is 10.7. The second-order valence-electron chi connectivity index (χ2n) is 4.49. The van der Waals surface area contributed by atoms with Crippen molar-refractivity contribution in [3.8, 4) is 5.69 Å². The summed E-state index contributed by atoms with van der Waals surface area (Å²) in [6, 6.07) is 11.0. The van der Waals surface area contributed by atoms with E-state index in [0.717, 1.165) is 5.52 Å². The maximum absolute atomic E-state index is 10.9. The quantitative estimate of drug-likeness (QED) is 0.769. The number of aromatic carboxylic acids is 2. The van der Waals surface area contributed by atoms with E-state index < -0.39 is 11.9 Å². The fraction of sp³-hybridized carbons (Fsp3) is 0. The Hall–Kier alpha value is -3.15. The van der Waals surface area contributed by atoms with Gasteiger partial charge in [-0.3, -0.25) is 0 Å². The van der Waals surface area contributed by atoms with Crippen molar-refractivity contribution in [1.82, 2.24) is 9.78 Å². The summed E-state index contributed by atoms with van der Waals surface area (Å²) in [7, 11) is 0. The monoisotopic (exact) mass is 282 g/mol. The van der Waals surface area contributed by atoms with Crippen LogP contribution in [-0.2, 0) is 0 Å². The normalized spacial score (nSPS) is 10.7. The van der Waals surface area contributed by atoms with Crippen LogP contribution < -0.4 is 0 Å². The number of benzene rings is 2. The van der Waals surface area contributed by atoms with Crippen LogP contribution in [0.15, 0.2) is 48.7 Å². The van der Waals surface area contributed by atoms with E-state index in [1.54, 1.807) is 35.1 Å². The number of nitrogens with zero attached hydrogens (tertiary/aromatic N) is 2. The summed E-state index contributed by atoms with van der Waals surface area (Å²) in [6.07, 6.45) is 1.58. The van der Waals surface area contributed by atoms with E-state index in [-0.39, 0.29) is 11.1 Å². The van der Waals surface area contributed by atoms with Crippen LogP contribution in [0.25, 0.3) is 16.6 Å². The lowest BCUT2D eigenvalue weighted by molar-refractivity contribution is 0.0686. The van der Waals surface area contributed by atoms with Gasteiger partial charge in [0.05, 0.1) is 28.5 Å². The fourth-order valence-electron chi connectivity index (χ4n) is 2.12. The molecule has 0 atom stereocenters. The Balaban J connectivity index is 2.08. The molecule has 0 saturated heterocycles. The van der Waals surface area contributed by atoms with Gasteiger partial charge in [-0.05, 0) is 42.5 Å². The zero-order valence-electron chi connectivity index (χ0n) is 10.7. The van der Waals surface area contributed by atoms with Crippen molar-refractivity contribution in [1.29, 1.82) is 0 Å². The minimum absolute atomic E-state index is 0.197. The lowest BCUT2D eigenvalue weighted by Gasteiger charge is -2.04. The highest BCUT2D eigenvalue weighted by molar-refractivity contribution is 5.93. The van der Waals surface area contributed by atoms with Gasteiger partial charge in [0.15, 0.2) is 0 Å². The molecule has 0 amide bonds. The molecule has 0 aliphatic carbocycles. The average molecular weight is 282 g/mol. The van der Waals surface area contributed by atoms with Crippen molar-refractivity contribution < 1.29 is 19.8 Å². The Kier molecular flexibility index (Phi) is 2.91. The molecule has 0 spiro atoms. The molecule has 3 aromatic rings. The lowest BCUT2D eigenvalue weighted by atomic mass is 10.1. The Morgan fingerprint density at radius 2 is 1.52 bits per heavy atom. The third-order valence-electron chi connectivity index (χ3n) is 3.17. The molecule has 6 nitrogen and oxygen atoms in total. The summed E-state index contributed by atoms with van der Waals surface area (Å²) in [5.41, 5.74) is 1.85. The predicted molar refractivity (Wildman–Crippen MR) is 75.0 cm³/mol. The predicted octanol–water partition coefficient (Wildman–Crippen LogP) is 2.42. The molecule has 0 radical (unpaired) electrons. The number of aromatic nitrogens is 2. The first kappa shape index (κ1) is 12.9. The Morgan fingerprint density at radius 3 is 2.14 bits per heavy atom. The molecule has 2 aromatic carbocycles. The van der Waals surface area contributed by atoms with Gasteiger partial charge in [-0.1, -0.05) is 0 Å². The summed E-state index contributed by atoms with van der Waals surface area (Å²) in [4.78, 5) is 21.8. The Labute approximate surface area is 118 Å². The Morgan fingerprint density at radius 1 is 0.905 bits per heavy atom. The van der Waals surface area contributed by atoms with Gasteiger partial charge in [-0.15, -0.1) is 0 Å². The molecule has 2 N–H and O–H groups in total. The summed E-state index contributed by atoms with van der Waals surface area (Å²) >= 11 is 0. The molecule has 104 valence electrons. The highest BCUT2D eigenvalue weighted by Crippen LogP contribution is 2.20. The largest absolute Gasteiger partial charge is 0.478 e. The SMILES string of the molecule is O=C(O)c1ccc(-n2ncc3cc(C(=O)O)ccc32)cc1. The molecule has 0 unspecified atom stereocenters. The van der Waals surface area contributed by atoms with Crippen LogP contribution in [-0.4, -0.2) is 31.9 Å². The average Bonchev–Trinajstić information content (AvgIpc) is 2.90. The van der Waals surface area contributed by atoms with Crippen molar-refractivity contribution in [2.24, 2.45) is 0 Å². The molecule has 0 fully saturated rings. The second kappa shape index (κ2) is 4.75. The van der Waals surface area contributed by atoms with Gasteiger partial charge in [0.2, 0.25) is 0 Å². The number of hydrogen-bond acceptors (Lipinski definition) is 3. The van der Waals surface area contributed by atoms with Gasteiger partial charge < -0.3 is 10.2 Å². The van der Waals surface area contributed by atoms with Crippen LogP contribution in [0.5, 0.6) is 0 Å². The number of fused-ring (bicyclic) bond motifs is 1. The van der Waals surface area contributed by atoms with Gasteiger partial charge >= 0.3 is 11.9 Å². The van der Waals surface area contributed by atoms with Gasteiger partial charge in [0.25, 0.3) is 0 Å². The zero-order chi connectivity index (χ0) is 15.0. The highest BCUT2D eigenvalue weighted by Gasteiger charge is 2.09. The lowest BCUT2D eigenvalue weighted by Crippen LogP contribution is -2.00. The van der Waals surface area contributed by atoms with Crippen molar-refractivity contribution in [3.63, 3.8) is 0 Å². The molecule has 1 aromatic heterocycles. The van der Waals surface area contributed by atoms with Crippen molar-refractivity contribution >= 4 is 22.8 Å². The first-order valence-electron chi connectivity index (χ1n) is 6.11. The molecule has 0 bridgehead atoms. The molecule has 6 heteroatoms. The van der Waals surface area contributed by atoms with Crippen LogP contribution in [0.3, 0.4) is 0 Å². The van der Waals surface area contributed by atoms with Gasteiger partial charge in [-0.2, -0.15) is 5.10 Å². The number of rotatable bonds is 3. The van der Waals surface area contributed by atoms with Crippen LogP contribution >= 0.6 is 0 Å². The van der Waals surface area contributed by atoms with E-state index in [9.17, 15) is 9.59 Å². The van der Waals surface area contributed by atoms with E-state index in [4.69, 9.17) is 10.2 Å². The highest BCUT2D eigenvalue weighted by atomic mass is 16.4. The first-order chi connectivity index (χ1) is 10.1. The summed E-state index contributed by atoms with van der Waals surface area (Å²) < 4.78 is 1.63. The summed E-state index contributed by atoms with van der Waals surface area (Å²) in [6.45, 7) is 0. The van der Waals surface area contributed by atoms with E-state index >= 15 is 0 Å². The van der Waals surface area contributed by atoms with Crippen molar-refractivity contribution in [2.45, 2.75) is 0 Å². The number of carbonyl (C=O) groups is 2. The first-order valence-corrected chi connectivity index (χ1v) is 6.11. The number of hydrogen-bond donors (Lipinski definition) is 2. The fourth-order valence-corrected chi connectivity index (χ4v) is 2.12. The number of carboxylic acids is 2. The van der Waals surface area contributed by atoms with Crippen LogP contribution in [0.4, 0.5) is 0 Å². The maximum Gasteiger partial charge on any atom is 0.335 e. The topological polar surface area (TPSA) is 92.4 Å². The molecule has 0 aliphatic heterocycles. The van der Waals surface area contributed by atoms with Crippen LogP contribution in [0.2, 0.25) is 0 Å². The van der Waals surface area contributed by atoms with Crippen LogP contribution in [0.1, 0.15) is 20.7 Å². The molecule has 21 heavy (non-hydrogen) atoms. The van der Waals surface area contributed by atoms with Gasteiger partial charge in [-0.25, -0.2) is 14.3 Å². The maximum atomic E-state index is 10.9.